The second-order valence-electron chi connectivity index (χ2n) is 6.39. The highest BCUT2D eigenvalue weighted by Gasteiger charge is 2.35. The van der Waals surface area contributed by atoms with Gasteiger partial charge in [0.15, 0.2) is 5.82 Å². The topological polar surface area (TPSA) is 76.5 Å². The van der Waals surface area contributed by atoms with Crippen molar-refractivity contribution in [1.29, 1.82) is 0 Å². The number of nitrogens with zero attached hydrogens (tertiary/aromatic N) is 5. The van der Waals surface area contributed by atoms with Crippen LogP contribution in [0.2, 0.25) is 0 Å². The number of hydrogen-bond acceptors (Lipinski definition) is 5. The number of rotatable bonds is 3. The molecule has 124 valence electrons. The molecule has 3 aromatic heterocycles. The van der Waals surface area contributed by atoms with E-state index in [4.69, 9.17) is 4.52 Å². The highest BCUT2D eigenvalue weighted by molar-refractivity contribution is 6.00. The fourth-order valence-electron chi connectivity index (χ4n) is 3.14. The molecule has 1 atom stereocenters. The van der Waals surface area contributed by atoms with Crippen LogP contribution in [-0.2, 0) is 0 Å². The second kappa shape index (κ2) is 5.74. The molecule has 1 aliphatic rings. The van der Waals surface area contributed by atoms with E-state index in [1.54, 1.807) is 10.7 Å². The first kappa shape index (κ1) is 14.9. The molecule has 1 aliphatic heterocycles. The lowest BCUT2D eigenvalue weighted by molar-refractivity contribution is 0.0712. The monoisotopic (exact) mass is 325 g/mol. The summed E-state index contributed by atoms with van der Waals surface area (Å²) in [6.45, 7) is 4.73. The van der Waals surface area contributed by atoms with Crippen LogP contribution in [0.15, 0.2) is 35.1 Å². The standard InChI is InChI=1S/C17H19N5O2/c1-11(2)15-19-16(24-20-15)14-7-5-8-21(14)17(23)12-10-18-22-9-4-3-6-13(12)22/h3-4,6,9-11,14H,5,7-8H2,1-2H3/t14-/m1/s1. The van der Waals surface area contributed by atoms with Gasteiger partial charge in [-0.15, -0.1) is 0 Å². The molecular weight excluding hydrogens is 306 g/mol. The quantitative estimate of drug-likeness (QED) is 0.740. The normalized spacial score (nSPS) is 18.0. The molecule has 1 saturated heterocycles. The minimum atomic E-state index is -0.156. The maximum Gasteiger partial charge on any atom is 0.258 e. The first-order chi connectivity index (χ1) is 11.6. The molecule has 0 spiro atoms. The van der Waals surface area contributed by atoms with Crippen LogP contribution in [0.3, 0.4) is 0 Å². The highest BCUT2D eigenvalue weighted by atomic mass is 16.5. The van der Waals surface area contributed by atoms with Gasteiger partial charge in [-0.05, 0) is 25.0 Å². The van der Waals surface area contributed by atoms with Crippen LogP contribution in [0.5, 0.6) is 0 Å². The number of carbonyl (C=O) groups excluding carboxylic acids is 1. The van der Waals surface area contributed by atoms with Crippen LogP contribution >= 0.6 is 0 Å². The smallest absolute Gasteiger partial charge is 0.258 e. The SMILES string of the molecule is CC(C)c1noc([C@H]2CCCN2C(=O)c2cnn3ccccc23)n1. The summed E-state index contributed by atoms with van der Waals surface area (Å²) in [5.41, 5.74) is 1.41. The van der Waals surface area contributed by atoms with Crippen molar-refractivity contribution < 1.29 is 9.32 Å². The van der Waals surface area contributed by atoms with Gasteiger partial charge in [0.1, 0.15) is 6.04 Å². The molecule has 24 heavy (non-hydrogen) atoms. The van der Waals surface area contributed by atoms with Gasteiger partial charge in [-0.3, -0.25) is 4.79 Å². The van der Waals surface area contributed by atoms with Crippen LogP contribution in [0.4, 0.5) is 0 Å². The zero-order valence-electron chi connectivity index (χ0n) is 13.7. The zero-order valence-corrected chi connectivity index (χ0v) is 13.7. The van der Waals surface area contributed by atoms with Gasteiger partial charge in [-0.1, -0.05) is 25.1 Å². The largest absolute Gasteiger partial charge is 0.337 e. The van der Waals surface area contributed by atoms with E-state index in [-0.39, 0.29) is 17.9 Å². The average molecular weight is 325 g/mol. The number of carbonyl (C=O) groups is 1. The third-order valence-electron chi connectivity index (χ3n) is 4.43. The minimum absolute atomic E-state index is 0.0389. The molecule has 0 bridgehead atoms. The molecule has 1 amide bonds. The summed E-state index contributed by atoms with van der Waals surface area (Å²) in [7, 11) is 0. The Bertz CT molecular complexity index is 882. The Balaban J connectivity index is 1.65. The first-order valence-electron chi connectivity index (χ1n) is 8.22. The zero-order chi connectivity index (χ0) is 16.7. The van der Waals surface area contributed by atoms with Gasteiger partial charge in [-0.2, -0.15) is 10.1 Å². The molecule has 0 aliphatic carbocycles. The Morgan fingerprint density at radius 3 is 3.04 bits per heavy atom. The number of fused-ring (bicyclic) bond motifs is 1. The Morgan fingerprint density at radius 1 is 1.38 bits per heavy atom. The Labute approximate surface area is 139 Å². The van der Waals surface area contributed by atoms with Gasteiger partial charge >= 0.3 is 0 Å². The van der Waals surface area contributed by atoms with Gasteiger partial charge < -0.3 is 9.42 Å². The van der Waals surface area contributed by atoms with E-state index in [2.05, 4.69) is 15.2 Å². The molecular formula is C17H19N5O2. The van der Waals surface area contributed by atoms with Crippen LogP contribution in [0.25, 0.3) is 5.52 Å². The summed E-state index contributed by atoms with van der Waals surface area (Å²) in [6, 6.07) is 5.53. The number of pyridine rings is 1. The van der Waals surface area contributed by atoms with Crippen LogP contribution in [-0.4, -0.2) is 37.1 Å². The summed E-state index contributed by atoms with van der Waals surface area (Å²) in [6.07, 6.45) is 5.22. The van der Waals surface area contributed by atoms with Crippen LogP contribution in [0, 0.1) is 0 Å². The summed E-state index contributed by atoms with van der Waals surface area (Å²) >= 11 is 0. The lowest BCUT2D eigenvalue weighted by Crippen LogP contribution is -2.30. The molecule has 7 nitrogen and oxygen atoms in total. The van der Waals surface area contributed by atoms with E-state index >= 15 is 0 Å². The van der Waals surface area contributed by atoms with E-state index in [1.165, 1.54) is 0 Å². The Kier molecular flexibility index (Phi) is 3.55. The highest BCUT2D eigenvalue weighted by Crippen LogP contribution is 2.33. The van der Waals surface area contributed by atoms with Crippen molar-refractivity contribution in [3.8, 4) is 0 Å². The van der Waals surface area contributed by atoms with Gasteiger partial charge in [0.25, 0.3) is 5.91 Å². The average Bonchev–Trinajstić information content (AvgIpc) is 3.31. The van der Waals surface area contributed by atoms with Crippen LogP contribution in [0.1, 0.15) is 60.7 Å². The Morgan fingerprint density at radius 2 is 2.25 bits per heavy atom. The molecule has 0 saturated carbocycles. The predicted molar refractivity (Wildman–Crippen MR) is 86.6 cm³/mol. The van der Waals surface area contributed by atoms with Crippen LogP contribution < -0.4 is 0 Å². The van der Waals surface area contributed by atoms with E-state index in [0.29, 0.717) is 23.8 Å². The van der Waals surface area contributed by atoms with Crippen molar-refractivity contribution in [3.63, 3.8) is 0 Å². The molecule has 3 aromatic rings. The van der Waals surface area contributed by atoms with Crippen molar-refractivity contribution in [2.45, 2.75) is 38.6 Å². The lowest BCUT2D eigenvalue weighted by Gasteiger charge is -2.21. The summed E-state index contributed by atoms with van der Waals surface area (Å²) in [5.74, 6) is 1.37. The van der Waals surface area contributed by atoms with E-state index < -0.39 is 0 Å². The number of hydrogen-bond donors (Lipinski definition) is 0. The minimum Gasteiger partial charge on any atom is -0.337 e. The lowest BCUT2D eigenvalue weighted by atomic mass is 10.2. The number of amides is 1. The number of aromatic nitrogens is 4. The molecule has 0 radical (unpaired) electrons. The van der Waals surface area contributed by atoms with Crippen molar-refractivity contribution in [1.82, 2.24) is 24.7 Å². The Hall–Kier alpha value is -2.70. The molecule has 1 fully saturated rings. The molecule has 0 aromatic carbocycles. The summed E-state index contributed by atoms with van der Waals surface area (Å²) in [4.78, 5) is 19.3. The van der Waals surface area contributed by atoms with E-state index in [0.717, 1.165) is 18.4 Å². The van der Waals surface area contributed by atoms with Gasteiger partial charge in [0.2, 0.25) is 5.89 Å². The third-order valence-corrected chi connectivity index (χ3v) is 4.43. The fraction of sp³-hybridized carbons (Fsp3) is 0.412. The van der Waals surface area contributed by atoms with Crippen molar-refractivity contribution in [2.24, 2.45) is 0 Å². The molecule has 7 heteroatoms. The second-order valence-corrected chi connectivity index (χ2v) is 6.39. The van der Waals surface area contributed by atoms with Crippen molar-refractivity contribution in [2.75, 3.05) is 6.54 Å². The molecule has 4 rings (SSSR count). The predicted octanol–water partition coefficient (Wildman–Crippen LogP) is 2.82. The van der Waals surface area contributed by atoms with Gasteiger partial charge in [0.05, 0.1) is 17.3 Å². The van der Waals surface area contributed by atoms with Crippen molar-refractivity contribution >= 4 is 11.4 Å². The van der Waals surface area contributed by atoms with E-state index in [1.807, 2.05) is 43.1 Å². The molecule has 0 unspecified atom stereocenters. The van der Waals surface area contributed by atoms with E-state index in [9.17, 15) is 4.79 Å². The third kappa shape index (κ3) is 2.36. The molecule has 4 heterocycles. The van der Waals surface area contributed by atoms with Gasteiger partial charge in [0, 0.05) is 18.7 Å². The molecule has 0 N–H and O–H groups in total. The summed E-state index contributed by atoms with van der Waals surface area (Å²) < 4.78 is 7.13. The maximum absolute atomic E-state index is 13.0. The first-order valence-corrected chi connectivity index (χ1v) is 8.22. The number of likely N-dealkylation sites (tertiary alicyclic amines) is 1. The summed E-state index contributed by atoms with van der Waals surface area (Å²) in [5, 5.41) is 8.28. The maximum atomic E-state index is 13.0. The van der Waals surface area contributed by atoms with Crippen molar-refractivity contribution in [3.05, 3.63) is 47.9 Å². The fourth-order valence-corrected chi connectivity index (χ4v) is 3.14. The van der Waals surface area contributed by atoms with Gasteiger partial charge in [-0.25, -0.2) is 4.52 Å².